The van der Waals surface area contributed by atoms with Crippen LogP contribution in [0.1, 0.15) is 13.8 Å². The Morgan fingerprint density at radius 2 is 1.16 bits per heavy atom. The van der Waals surface area contributed by atoms with Crippen LogP contribution in [0, 0.1) is 29.1 Å². The van der Waals surface area contributed by atoms with E-state index < -0.39 is 0 Å². The molecule has 2 rings (SSSR count). The zero-order chi connectivity index (χ0) is 14.5. The summed E-state index contributed by atoms with van der Waals surface area (Å²) in [5, 5.41) is 0. The highest BCUT2D eigenvalue weighted by atomic mass is 16.2. The first kappa shape index (κ1) is 14.1. The van der Waals surface area contributed by atoms with Crippen LogP contribution in [0.5, 0.6) is 0 Å². The van der Waals surface area contributed by atoms with Crippen LogP contribution >= 0.6 is 0 Å². The summed E-state index contributed by atoms with van der Waals surface area (Å²) in [5.41, 5.74) is -0.00727. The number of amides is 2. The topological polar surface area (TPSA) is 40.6 Å². The first-order valence-electron chi connectivity index (χ1n) is 6.80. The second kappa shape index (κ2) is 4.36. The third-order valence-corrected chi connectivity index (χ3v) is 4.86. The predicted octanol–water partition coefficient (Wildman–Crippen LogP) is 1.24. The molecule has 19 heavy (non-hydrogen) atoms. The van der Waals surface area contributed by atoms with Crippen LogP contribution in [0.2, 0.25) is 0 Å². The van der Waals surface area contributed by atoms with Crippen molar-refractivity contribution in [2.45, 2.75) is 13.8 Å². The van der Waals surface area contributed by atoms with Crippen molar-refractivity contribution in [3.63, 3.8) is 0 Å². The Balaban J connectivity index is 2.42. The minimum Gasteiger partial charge on any atom is -0.349 e. The van der Waals surface area contributed by atoms with Gasteiger partial charge in [0.15, 0.2) is 0 Å². The summed E-state index contributed by atoms with van der Waals surface area (Å²) in [6, 6.07) is 0. The van der Waals surface area contributed by atoms with Crippen LogP contribution in [0.3, 0.4) is 0 Å². The van der Waals surface area contributed by atoms with E-state index in [1.54, 1.807) is 38.0 Å². The van der Waals surface area contributed by atoms with E-state index in [1.165, 1.54) is 0 Å². The molecule has 0 aromatic carbocycles. The van der Waals surface area contributed by atoms with Gasteiger partial charge in [-0.1, -0.05) is 26.0 Å². The summed E-state index contributed by atoms with van der Waals surface area (Å²) in [6.45, 7) is 4.34. The van der Waals surface area contributed by atoms with Crippen LogP contribution in [0.25, 0.3) is 0 Å². The third kappa shape index (κ3) is 1.88. The monoisotopic (exact) mass is 264 g/mol. The molecule has 0 heterocycles. The molecule has 2 bridgehead atoms. The molecule has 4 heteroatoms. The molecule has 1 fully saturated rings. The number of allylic oxidation sites excluding steroid dienone is 2. The van der Waals surface area contributed by atoms with E-state index in [0.29, 0.717) is 0 Å². The van der Waals surface area contributed by atoms with Crippen molar-refractivity contribution in [2.75, 3.05) is 28.2 Å². The van der Waals surface area contributed by atoms with Gasteiger partial charge in [0, 0.05) is 28.2 Å². The van der Waals surface area contributed by atoms with Gasteiger partial charge in [0.1, 0.15) is 0 Å². The van der Waals surface area contributed by atoms with Crippen LogP contribution in [0.15, 0.2) is 12.2 Å². The molecule has 2 aliphatic rings. The van der Waals surface area contributed by atoms with E-state index in [1.807, 2.05) is 0 Å². The van der Waals surface area contributed by atoms with E-state index in [-0.39, 0.29) is 40.9 Å². The van der Waals surface area contributed by atoms with Gasteiger partial charge < -0.3 is 9.80 Å². The molecule has 106 valence electrons. The first-order chi connectivity index (χ1) is 8.69. The SMILES string of the molecule is CN(C)C(=O)C1C(C(=O)N(C)C)C2C=CC1C2(C)C. The lowest BCUT2D eigenvalue weighted by Gasteiger charge is -2.30. The van der Waals surface area contributed by atoms with Crippen molar-refractivity contribution >= 4 is 11.8 Å². The maximum atomic E-state index is 12.5. The number of rotatable bonds is 2. The van der Waals surface area contributed by atoms with Gasteiger partial charge in [-0.25, -0.2) is 0 Å². The van der Waals surface area contributed by atoms with E-state index in [4.69, 9.17) is 0 Å². The summed E-state index contributed by atoms with van der Waals surface area (Å²) in [7, 11) is 7.06. The molecule has 0 N–H and O–H groups in total. The van der Waals surface area contributed by atoms with Crippen molar-refractivity contribution in [2.24, 2.45) is 29.1 Å². The third-order valence-electron chi connectivity index (χ3n) is 4.86. The summed E-state index contributed by atoms with van der Waals surface area (Å²) in [6.07, 6.45) is 4.27. The minimum absolute atomic E-state index is 0.00727. The van der Waals surface area contributed by atoms with Gasteiger partial charge >= 0.3 is 0 Å². The van der Waals surface area contributed by atoms with Crippen molar-refractivity contribution in [3.8, 4) is 0 Å². The molecule has 0 aromatic rings. The lowest BCUT2D eigenvalue weighted by atomic mass is 9.79. The van der Waals surface area contributed by atoms with Crippen LogP contribution in [-0.4, -0.2) is 49.8 Å². The van der Waals surface area contributed by atoms with Gasteiger partial charge in [-0.15, -0.1) is 0 Å². The second-order valence-electron chi connectivity index (χ2n) is 6.77. The predicted molar refractivity (Wildman–Crippen MR) is 74.3 cm³/mol. The Morgan fingerprint density at radius 1 is 0.842 bits per heavy atom. The van der Waals surface area contributed by atoms with Crippen molar-refractivity contribution in [1.29, 1.82) is 0 Å². The molecule has 0 radical (unpaired) electrons. The number of nitrogens with zero attached hydrogens (tertiary/aromatic N) is 2. The molecule has 0 aromatic heterocycles. The molecule has 0 spiro atoms. The first-order valence-corrected chi connectivity index (χ1v) is 6.80. The lowest BCUT2D eigenvalue weighted by Crippen LogP contribution is -2.43. The van der Waals surface area contributed by atoms with Crippen molar-refractivity contribution in [3.05, 3.63) is 12.2 Å². The molecule has 0 aliphatic heterocycles. The fraction of sp³-hybridized carbons (Fsp3) is 0.733. The highest BCUT2D eigenvalue weighted by Gasteiger charge is 2.61. The average Bonchev–Trinajstić information content (AvgIpc) is 2.73. The standard InChI is InChI=1S/C15H24N2O2/c1-15(2)9-7-8-10(15)12(14(19)17(5)6)11(9)13(18)16(3)4/h7-12H,1-6H3. The number of hydrogen-bond donors (Lipinski definition) is 0. The largest absolute Gasteiger partial charge is 0.349 e. The summed E-state index contributed by atoms with van der Waals surface area (Å²) < 4.78 is 0. The van der Waals surface area contributed by atoms with E-state index in [0.717, 1.165) is 0 Å². The minimum atomic E-state index is -0.213. The van der Waals surface area contributed by atoms with Gasteiger partial charge in [0.2, 0.25) is 11.8 Å². The highest BCUT2D eigenvalue weighted by molar-refractivity contribution is 5.89. The van der Waals surface area contributed by atoms with E-state index >= 15 is 0 Å². The Bertz CT molecular complexity index is 399. The van der Waals surface area contributed by atoms with Gasteiger partial charge in [-0.3, -0.25) is 9.59 Å². The Hall–Kier alpha value is -1.32. The van der Waals surface area contributed by atoms with Crippen LogP contribution in [0.4, 0.5) is 0 Å². The molecule has 4 atom stereocenters. The fourth-order valence-corrected chi connectivity index (χ4v) is 3.78. The van der Waals surface area contributed by atoms with Gasteiger partial charge in [0.05, 0.1) is 11.8 Å². The maximum absolute atomic E-state index is 12.5. The van der Waals surface area contributed by atoms with E-state index in [2.05, 4.69) is 26.0 Å². The second-order valence-corrected chi connectivity index (χ2v) is 6.77. The number of carbonyl (C=O) groups excluding carboxylic acids is 2. The molecular weight excluding hydrogens is 240 g/mol. The summed E-state index contributed by atoms with van der Waals surface area (Å²) in [5.74, 6) is 0.0580. The molecule has 2 amide bonds. The molecule has 4 unspecified atom stereocenters. The Labute approximate surface area is 115 Å². The molecule has 1 saturated carbocycles. The fourth-order valence-electron chi connectivity index (χ4n) is 3.78. The van der Waals surface area contributed by atoms with Crippen LogP contribution < -0.4 is 0 Å². The number of fused-ring (bicyclic) bond motifs is 2. The zero-order valence-electron chi connectivity index (χ0n) is 12.7. The molecule has 4 nitrogen and oxygen atoms in total. The Morgan fingerprint density at radius 3 is 1.42 bits per heavy atom. The quantitative estimate of drug-likeness (QED) is 0.704. The normalized spacial score (nSPS) is 34.4. The molecule has 0 saturated heterocycles. The number of hydrogen-bond acceptors (Lipinski definition) is 2. The van der Waals surface area contributed by atoms with Gasteiger partial charge in [-0.05, 0) is 17.3 Å². The van der Waals surface area contributed by atoms with Crippen LogP contribution in [-0.2, 0) is 9.59 Å². The number of carbonyl (C=O) groups is 2. The molecular formula is C15H24N2O2. The van der Waals surface area contributed by atoms with Gasteiger partial charge in [0.25, 0.3) is 0 Å². The lowest BCUT2D eigenvalue weighted by molar-refractivity contribution is -0.144. The zero-order valence-corrected chi connectivity index (χ0v) is 12.7. The van der Waals surface area contributed by atoms with E-state index in [9.17, 15) is 9.59 Å². The van der Waals surface area contributed by atoms with Gasteiger partial charge in [-0.2, -0.15) is 0 Å². The van der Waals surface area contributed by atoms with Crippen molar-refractivity contribution < 1.29 is 9.59 Å². The highest BCUT2D eigenvalue weighted by Crippen LogP contribution is 2.60. The van der Waals surface area contributed by atoms with Crippen molar-refractivity contribution in [1.82, 2.24) is 9.80 Å². The summed E-state index contributed by atoms with van der Waals surface area (Å²) >= 11 is 0. The molecule has 2 aliphatic carbocycles. The summed E-state index contributed by atoms with van der Waals surface area (Å²) in [4.78, 5) is 28.2. The average molecular weight is 264 g/mol. The Kier molecular flexibility index (Phi) is 3.23. The smallest absolute Gasteiger partial charge is 0.226 e. The maximum Gasteiger partial charge on any atom is 0.226 e.